The molecule has 0 saturated heterocycles. The van der Waals surface area contributed by atoms with Crippen LogP contribution in [0.1, 0.15) is 28.5 Å². The molecular formula is C20H17F2NO2. The van der Waals surface area contributed by atoms with Crippen LogP contribution in [0.3, 0.4) is 0 Å². The standard InChI is InChI=1S/C20H17F2NO2/c1-4-25-20(24)13-5-6-18-14(10-13)15(9-12(3)23-18)19-16(21)7-11(2)8-17(19)22/h5-10H,4H2,1-3H3. The van der Waals surface area contributed by atoms with Gasteiger partial charge in [0.25, 0.3) is 0 Å². The van der Waals surface area contributed by atoms with Crippen molar-refractivity contribution in [2.75, 3.05) is 6.61 Å². The van der Waals surface area contributed by atoms with Gasteiger partial charge in [-0.25, -0.2) is 13.6 Å². The van der Waals surface area contributed by atoms with Gasteiger partial charge < -0.3 is 4.74 Å². The first-order chi connectivity index (χ1) is 11.9. The van der Waals surface area contributed by atoms with Crippen LogP contribution in [0.2, 0.25) is 0 Å². The third-order valence-corrected chi connectivity index (χ3v) is 3.90. The van der Waals surface area contributed by atoms with Crippen molar-refractivity contribution in [1.82, 2.24) is 4.98 Å². The van der Waals surface area contributed by atoms with E-state index in [4.69, 9.17) is 4.74 Å². The Balaban J connectivity index is 2.30. The Morgan fingerprint density at radius 3 is 2.40 bits per heavy atom. The number of pyridine rings is 1. The highest BCUT2D eigenvalue weighted by Crippen LogP contribution is 2.33. The van der Waals surface area contributed by atoms with Crippen molar-refractivity contribution in [3.05, 3.63) is 64.9 Å². The van der Waals surface area contributed by atoms with E-state index in [2.05, 4.69) is 4.98 Å². The van der Waals surface area contributed by atoms with Gasteiger partial charge >= 0.3 is 5.97 Å². The predicted molar refractivity (Wildman–Crippen MR) is 92.5 cm³/mol. The fourth-order valence-electron chi connectivity index (χ4n) is 2.86. The number of hydrogen-bond acceptors (Lipinski definition) is 3. The molecule has 0 fully saturated rings. The molecule has 25 heavy (non-hydrogen) atoms. The van der Waals surface area contributed by atoms with E-state index in [1.54, 1.807) is 45.0 Å². The summed E-state index contributed by atoms with van der Waals surface area (Å²) in [7, 11) is 0. The summed E-state index contributed by atoms with van der Waals surface area (Å²) in [6, 6.07) is 9.01. The van der Waals surface area contributed by atoms with Gasteiger partial charge in [-0.05, 0) is 68.3 Å². The molecule has 0 unspecified atom stereocenters. The number of carbonyl (C=O) groups excluding carboxylic acids is 1. The van der Waals surface area contributed by atoms with Crippen LogP contribution in [0.5, 0.6) is 0 Å². The summed E-state index contributed by atoms with van der Waals surface area (Å²) in [4.78, 5) is 16.4. The Labute approximate surface area is 144 Å². The summed E-state index contributed by atoms with van der Waals surface area (Å²) in [6.45, 7) is 5.35. The van der Waals surface area contributed by atoms with E-state index < -0.39 is 17.6 Å². The van der Waals surface area contributed by atoms with Crippen LogP contribution in [-0.2, 0) is 4.74 Å². The van der Waals surface area contributed by atoms with Gasteiger partial charge in [-0.3, -0.25) is 4.98 Å². The van der Waals surface area contributed by atoms with Crippen molar-refractivity contribution in [3.8, 4) is 11.1 Å². The second kappa shape index (κ2) is 6.59. The molecule has 0 saturated carbocycles. The maximum absolute atomic E-state index is 14.5. The number of carbonyl (C=O) groups is 1. The summed E-state index contributed by atoms with van der Waals surface area (Å²) in [5, 5.41) is 0.498. The first kappa shape index (κ1) is 17.0. The highest BCUT2D eigenvalue weighted by atomic mass is 19.1. The van der Waals surface area contributed by atoms with Crippen molar-refractivity contribution < 1.29 is 18.3 Å². The smallest absolute Gasteiger partial charge is 0.338 e. The number of hydrogen-bond donors (Lipinski definition) is 0. The van der Waals surface area contributed by atoms with E-state index in [0.717, 1.165) is 0 Å². The molecule has 0 aliphatic heterocycles. The Morgan fingerprint density at radius 2 is 1.76 bits per heavy atom. The van der Waals surface area contributed by atoms with Gasteiger partial charge in [-0.15, -0.1) is 0 Å². The third kappa shape index (κ3) is 3.22. The van der Waals surface area contributed by atoms with E-state index >= 15 is 0 Å². The zero-order valence-electron chi connectivity index (χ0n) is 14.2. The number of benzene rings is 2. The molecule has 128 valence electrons. The SMILES string of the molecule is CCOC(=O)c1ccc2nc(C)cc(-c3c(F)cc(C)cc3F)c2c1. The van der Waals surface area contributed by atoms with Gasteiger partial charge in [0, 0.05) is 11.1 Å². The molecule has 1 aromatic heterocycles. The lowest BCUT2D eigenvalue weighted by atomic mass is 9.97. The van der Waals surface area contributed by atoms with E-state index in [1.807, 2.05) is 0 Å². The molecule has 0 amide bonds. The van der Waals surface area contributed by atoms with Gasteiger partial charge in [0.1, 0.15) is 11.6 Å². The lowest BCUT2D eigenvalue weighted by Crippen LogP contribution is -2.05. The topological polar surface area (TPSA) is 39.2 Å². The molecule has 0 aliphatic rings. The van der Waals surface area contributed by atoms with E-state index in [0.29, 0.717) is 33.3 Å². The average Bonchev–Trinajstić information content (AvgIpc) is 2.53. The molecule has 3 rings (SSSR count). The monoisotopic (exact) mass is 341 g/mol. The number of esters is 1. The summed E-state index contributed by atoms with van der Waals surface area (Å²) >= 11 is 0. The number of aromatic nitrogens is 1. The van der Waals surface area contributed by atoms with Crippen LogP contribution in [0.25, 0.3) is 22.0 Å². The molecule has 2 aromatic carbocycles. The molecule has 0 atom stereocenters. The lowest BCUT2D eigenvalue weighted by molar-refractivity contribution is 0.0526. The van der Waals surface area contributed by atoms with Gasteiger partial charge in [-0.1, -0.05) is 0 Å². The fourth-order valence-corrected chi connectivity index (χ4v) is 2.86. The zero-order valence-corrected chi connectivity index (χ0v) is 14.2. The van der Waals surface area contributed by atoms with Crippen molar-refractivity contribution >= 4 is 16.9 Å². The molecule has 3 nitrogen and oxygen atoms in total. The summed E-state index contributed by atoms with van der Waals surface area (Å²) in [6.07, 6.45) is 0. The Kier molecular flexibility index (Phi) is 4.49. The summed E-state index contributed by atoms with van der Waals surface area (Å²) in [5.41, 5.74) is 2.24. The number of ether oxygens (including phenoxy) is 1. The normalized spacial score (nSPS) is 10.9. The van der Waals surface area contributed by atoms with E-state index in [9.17, 15) is 13.6 Å². The molecule has 3 aromatic rings. The van der Waals surface area contributed by atoms with Crippen LogP contribution in [0.15, 0.2) is 36.4 Å². The predicted octanol–water partition coefficient (Wildman–Crippen LogP) is 4.97. The van der Waals surface area contributed by atoms with Gasteiger partial charge in [0.15, 0.2) is 0 Å². The molecule has 1 heterocycles. The minimum absolute atomic E-state index is 0.123. The highest BCUT2D eigenvalue weighted by Gasteiger charge is 2.17. The Morgan fingerprint density at radius 1 is 1.08 bits per heavy atom. The summed E-state index contributed by atoms with van der Waals surface area (Å²) in [5.74, 6) is -1.78. The lowest BCUT2D eigenvalue weighted by Gasteiger charge is -2.12. The van der Waals surface area contributed by atoms with Crippen molar-refractivity contribution in [2.45, 2.75) is 20.8 Å². The second-order valence-electron chi connectivity index (χ2n) is 5.87. The number of fused-ring (bicyclic) bond motifs is 1. The molecular weight excluding hydrogens is 324 g/mol. The average molecular weight is 341 g/mol. The van der Waals surface area contributed by atoms with Crippen LogP contribution in [-0.4, -0.2) is 17.6 Å². The van der Waals surface area contributed by atoms with E-state index in [1.165, 1.54) is 12.1 Å². The van der Waals surface area contributed by atoms with Crippen LogP contribution >= 0.6 is 0 Å². The van der Waals surface area contributed by atoms with Crippen LogP contribution in [0.4, 0.5) is 8.78 Å². The minimum atomic E-state index is -0.647. The number of halogens is 2. The summed E-state index contributed by atoms with van der Waals surface area (Å²) < 4.78 is 34.0. The second-order valence-corrected chi connectivity index (χ2v) is 5.87. The molecule has 5 heteroatoms. The number of aryl methyl sites for hydroxylation is 2. The van der Waals surface area contributed by atoms with Crippen molar-refractivity contribution in [2.24, 2.45) is 0 Å². The molecule has 0 N–H and O–H groups in total. The fraction of sp³-hybridized carbons (Fsp3) is 0.200. The van der Waals surface area contributed by atoms with Crippen molar-refractivity contribution in [1.29, 1.82) is 0 Å². The number of rotatable bonds is 3. The Bertz CT molecular complexity index is 960. The maximum Gasteiger partial charge on any atom is 0.338 e. The Hall–Kier alpha value is -2.82. The largest absolute Gasteiger partial charge is 0.462 e. The minimum Gasteiger partial charge on any atom is -0.462 e. The van der Waals surface area contributed by atoms with Crippen molar-refractivity contribution in [3.63, 3.8) is 0 Å². The van der Waals surface area contributed by atoms with Crippen LogP contribution in [0, 0.1) is 25.5 Å². The first-order valence-corrected chi connectivity index (χ1v) is 7.95. The molecule has 0 radical (unpaired) electrons. The quantitative estimate of drug-likeness (QED) is 0.631. The van der Waals surface area contributed by atoms with Gasteiger partial charge in [-0.2, -0.15) is 0 Å². The first-order valence-electron chi connectivity index (χ1n) is 7.95. The number of nitrogens with zero attached hydrogens (tertiary/aromatic N) is 1. The molecule has 0 aliphatic carbocycles. The van der Waals surface area contributed by atoms with E-state index in [-0.39, 0.29) is 12.2 Å². The van der Waals surface area contributed by atoms with Crippen LogP contribution < -0.4 is 0 Å². The third-order valence-electron chi connectivity index (χ3n) is 3.90. The van der Waals surface area contributed by atoms with Gasteiger partial charge in [0.2, 0.25) is 0 Å². The highest BCUT2D eigenvalue weighted by molar-refractivity contribution is 6.00. The molecule has 0 spiro atoms. The maximum atomic E-state index is 14.5. The zero-order chi connectivity index (χ0) is 18.1. The molecule has 0 bridgehead atoms. The van der Waals surface area contributed by atoms with Gasteiger partial charge in [0.05, 0.1) is 23.3 Å².